The van der Waals surface area contributed by atoms with Crippen LogP contribution < -0.4 is 10.6 Å². The molecule has 5 heteroatoms. The SMILES string of the molecule is C=C(Nc1cc(-c2ccccc2)cc(-c2ccccc2Cl)n1)c1ccccc1NCCC.CF. The van der Waals surface area contributed by atoms with E-state index in [-0.39, 0.29) is 0 Å². The molecule has 0 radical (unpaired) electrons. The highest BCUT2D eigenvalue weighted by Gasteiger charge is 2.12. The Bertz CT molecular complexity index is 1220. The largest absolute Gasteiger partial charge is 0.385 e. The molecule has 4 rings (SSSR count). The monoisotopic (exact) mass is 473 g/mol. The van der Waals surface area contributed by atoms with Crippen molar-refractivity contribution in [3.8, 4) is 22.4 Å². The fraction of sp³-hybridized carbons (Fsp3) is 0.138. The average Bonchev–Trinajstić information content (AvgIpc) is 2.89. The summed E-state index contributed by atoms with van der Waals surface area (Å²) in [4.78, 5) is 4.87. The lowest BCUT2D eigenvalue weighted by molar-refractivity contribution is 0.636. The van der Waals surface area contributed by atoms with E-state index in [9.17, 15) is 4.39 Å². The van der Waals surface area contributed by atoms with Crippen LogP contribution in [0.3, 0.4) is 0 Å². The zero-order valence-corrected chi connectivity index (χ0v) is 20.2. The molecule has 2 N–H and O–H groups in total. The van der Waals surface area contributed by atoms with Gasteiger partial charge in [-0.05, 0) is 41.8 Å². The molecule has 1 heterocycles. The van der Waals surface area contributed by atoms with Gasteiger partial charge in [0.05, 0.1) is 12.9 Å². The second kappa shape index (κ2) is 12.6. The van der Waals surface area contributed by atoms with Crippen LogP contribution in [-0.4, -0.2) is 18.7 Å². The molecule has 0 fully saturated rings. The fourth-order valence-electron chi connectivity index (χ4n) is 3.58. The molecule has 174 valence electrons. The Morgan fingerprint density at radius 3 is 2.29 bits per heavy atom. The summed E-state index contributed by atoms with van der Waals surface area (Å²) in [5.41, 5.74) is 6.73. The summed E-state index contributed by atoms with van der Waals surface area (Å²) in [7, 11) is 0.500. The van der Waals surface area contributed by atoms with E-state index in [4.69, 9.17) is 16.6 Å². The highest BCUT2D eigenvalue weighted by atomic mass is 35.5. The van der Waals surface area contributed by atoms with Gasteiger partial charge in [-0.3, -0.25) is 4.39 Å². The third kappa shape index (κ3) is 6.24. The number of alkyl halides is 1. The summed E-state index contributed by atoms with van der Waals surface area (Å²) in [5.74, 6) is 0.719. The molecule has 3 nitrogen and oxygen atoms in total. The van der Waals surface area contributed by atoms with Crippen molar-refractivity contribution < 1.29 is 4.39 Å². The smallest absolute Gasteiger partial charge is 0.131 e. The van der Waals surface area contributed by atoms with Crippen molar-refractivity contribution in [2.75, 3.05) is 24.4 Å². The fourth-order valence-corrected chi connectivity index (χ4v) is 3.81. The Balaban J connectivity index is 0.00000158. The van der Waals surface area contributed by atoms with Gasteiger partial charge < -0.3 is 10.6 Å². The van der Waals surface area contributed by atoms with Crippen LogP contribution in [0.5, 0.6) is 0 Å². The van der Waals surface area contributed by atoms with Crippen molar-refractivity contribution in [3.63, 3.8) is 0 Å². The lowest BCUT2D eigenvalue weighted by atomic mass is 10.0. The molecule has 0 aliphatic rings. The van der Waals surface area contributed by atoms with Crippen molar-refractivity contribution in [3.05, 3.63) is 108 Å². The van der Waals surface area contributed by atoms with E-state index >= 15 is 0 Å². The topological polar surface area (TPSA) is 37.0 Å². The maximum atomic E-state index is 9.50. The van der Waals surface area contributed by atoms with Crippen molar-refractivity contribution >= 4 is 28.8 Å². The minimum absolute atomic E-state index is 0.500. The van der Waals surface area contributed by atoms with Crippen LogP contribution in [-0.2, 0) is 0 Å². The van der Waals surface area contributed by atoms with Gasteiger partial charge in [0.2, 0.25) is 0 Å². The van der Waals surface area contributed by atoms with Gasteiger partial charge in [0, 0.05) is 34.1 Å². The first-order valence-electron chi connectivity index (χ1n) is 11.1. The van der Waals surface area contributed by atoms with Crippen LogP contribution in [0.1, 0.15) is 18.9 Å². The van der Waals surface area contributed by atoms with E-state index in [1.165, 1.54) is 0 Å². The first-order valence-corrected chi connectivity index (χ1v) is 11.5. The molecule has 4 aromatic rings. The zero-order valence-electron chi connectivity index (χ0n) is 19.5. The molecule has 0 spiro atoms. The maximum absolute atomic E-state index is 9.50. The molecule has 0 bridgehead atoms. The number of para-hydroxylation sites is 1. The summed E-state index contributed by atoms with van der Waals surface area (Å²) >= 11 is 6.49. The van der Waals surface area contributed by atoms with Gasteiger partial charge in [-0.1, -0.05) is 91.8 Å². The third-order valence-corrected chi connectivity index (χ3v) is 5.51. The van der Waals surface area contributed by atoms with Gasteiger partial charge in [0.15, 0.2) is 0 Å². The number of aromatic nitrogens is 1. The first-order chi connectivity index (χ1) is 16.7. The lowest BCUT2D eigenvalue weighted by Crippen LogP contribution is -2.06. The van der Waals surface area contributed by atoms with Crippen molar-refractivity contribution in [1.82, 2.24) is 4.98 Å². The number of benzene rings is 3. The van der Waals surface area contributed by atoms with Crippen LogP contribution in [0.15, 0.2) is 97.6 Å². The Kier molecular flexibility index (Phi) is 9.24. The summed E-state index contributed by atoms with van der Waals surface area (Å²) < 4.78 is 9.50. The summed E-state index contributed by atoms with van der Waals surface area (Å²) in [6.07, 6.45) is 1.05. The Morgan fingerprint density at radius 2 is 1.56 bits per heavy atom. The van der Waals surface area contributed by atoms with Crippen LogP contribution in [0.2, 0.25) is 5.02 Å². The van der Waals surface area contributed by atoms with Crippen LogP contribution in [0.4, 0.5) is 15.9 Å². The van der Waals surface area contributed by atoms with E-state index in [0.717, 1.165) is 58.1 Å². The zero-order chi connectivity index (χ0) is 24.3. The van der Waals surface area contributed by atoms with Gasteiger partial charge in [-0.25, -0.2) is 4.98 Å². The quantitative estimate of drug-likeness (QED) is 0.269. The molecule has 34 heavy (non-hydrogen) atoms. The van der Waals surface area contributed by atoms with Gasteiger partial charge >= 0.3 is 0 Å². The number of nitrogens with one attached hydrogen (secondary N) is 2. The molecular formula is C29H29ClFN3. The molecule has 3 aromatic carbocycles. The van der Waals surface area contributed by atoms with Crippen molar-refractivity contribution in [2.24, 2.45) is 0 Å². The summed E-state index contributed by atoms with van der Waals surface area (Å²) in [6.45, 7) is 7.35. The van der Waals surface area contributed by atoms with Crippen molar-refractivity contribution in [1.29, 1.82) is 0 Å². The minimum Gasteiger partial charge on any atom is -0.385 e. The van der Waals surface area contributed by atoms with E-state index in [0.29, 0.717) is 12.2 Å². The van der Waals surface area contributed by atoms with Gasteiger partial charge in [-0.15, -0.1) is 0 Å². The molecular weight excluding hydrogens is 445 g/mol. The Hall–Kier alpha value is -3.63. The number of halogens is 2. The van der Waals surface area contributed by atoms with Gasteiger partial charge in [0.25, 0.3) is 0 Å². The number of rotatable bonds is 8. The molecule has 0 amide bonds. The Morgan fingerprint density at radius 1 is 0.882 bits per heavy atom. The van der Waals surface area contributed by atoms with Crippen LogP contribution in [0, 0.1) is 0 Å². The first kappa shape index (κ1) is 25.0. The third-order valence-electron chi connectivity index (χ3n) is 5.18. The molecule has 0 saturated heterocycles. The number of pyridine rings is 1. The lowest BCUT2D eigenvalue weighted by Gasteiger charge is -2.16. The number of hydrogen-bond acceptors (Lipinski definition) is 3. The van der Waals surface area contributed by atoms with Gasteiger partial charge in [-0.2, -0.15) is 0 Å². The summed E-state index contributed by atoms with van der Waals surface area (Å²) in [5, 5.41) is 7.57. The molecule has 0 aliphatic carbocycles. The molecule has 0 aliphatic heterocycles. The maximum Gasteiger partial charge on any atom is 0.131 e. The number of hydrogen-bond donors (Lipinski definition) is 2. The minimum atomic E-state index is 0.500. The van der Waals surface area contributed by atoms with Gasteiger partial charge in [0.1, 0.15) is 5.82 Å². The van der Waals surface area contributed by atoms with E-state index in [1.807, 2.05) is 60.7 Å². The number of nitrogens with zero attached hydrogens (tertiary/aromatic N) is 1. The standard InChI is InChI=1S/C28H26ClN3.CH3F/c1-3-17-30-26-16-10-8-13-23(26)20(2)31-28-19-22(21-11-5-4-6-12-21)18-27(32-28)24-14-7-9-15-25(24)29;1-2/h4-16,18-19,30H,2-3,17H2,1H3,(H,31,32);1H3. The van der Waals surface area contributed by atoms with E-state index < -0.39 is 0 Å². The predicted octanol–water partition coefficient (Wildman–Crippen LogP) is 8.56. The van der Waals surface area contributed by atoms with E-state index in [2.05, 4.69) is 54.5 Å². The normalized spacial score (nSPS) is 10.1. The predicted molar refractivity (Wildman–Crippen MR) is 145 cm³/mol. The molecule has 0 atom stereocenters. The highest BCUT2D eigenvalue weighted by molar-refractivity contribution is 6.33. The Labute approximate surface area is 206 Å². The van der Waals surface area contributed by atoms with Crippen LogP contribution >= 0.6 is 11.6 Å². The van der Waals surface area contributed by atoms with E-state index in [1.54, 1.807) is 0 Å². The summed E-state index contributed by atoms with van der Waals surface area (Å²) in [6, 6.07) is 30.3. The second-order valence-electron chi connectivity index (χ2n) is 7.55. The molecule has 0 saturated carbocycles. The molecule has 0 unspecified atom stereocenters. The van der Waals surface area contributed by atoms with Crippen LogP contribution in [0.25, 0.3) is 28.1 Å². The molecule has 1 aromatic heterocycles. The average molecular weight is 474 g/mol. The number of anilines is 2. The van der Waals surface area contributed by atoms with Crippen molar-refractivity contribution in [2.45, 2.75) is 13.3 Å². The highest BCUT2D eigenvalue weighted by Crippen LogP contribution is 2.33. The second-order valence-corrected chi connectivity index (χ2v) is 7.96.